The summed E-state index contributed by atoms with van der Waals surface area (Å²) in [4.78, 5) is 0. The molecule has 1 heteroatoms. The van der Waals surface area contributed by atoms with Gasteiger partial charge in [0.05, 0.1) is 0 Å². The quantitative estimate of drug-likeness (QED) is 0.528. The highest BCUT2D eigenvalue weighted by molar-refractivity contribution is 14.1. The predicted molar refractivity (Wildman–Crippen MR) is 63.8 cm³/mol. The van der Waals surface area contributed by atoms with Crippen LogP contribution in [0.25, 0.3) is 0 Å². The summed E-state index contributed by atoms with van der Waals surface area (Å²) in [5.74, 6) is 0.881. The lowest BCUT2D eigenvalue weighted by Crippen LogP contribution is -2.18. The first kappa shape index (κ1) is 10.8. The Bertz CT molecular complexity index is 149. The van der Waals surface area contributed by atoms with E-state index >= 15 is 0 Å². The first-order valence-electron chi connectivity index (χ1n) is 5.02. The third-order valence-electron chi connectivity index (χ3n) is 2.59. The summed E-state index contributed by atoms with van der Waals surface area (Å²) < 4.78 is 0.503. The highest BCUT2D eigenvalue weighted by Gasteiger charge is 2.45. The van der Waals surface area contributed by atoms with E-state index in [-0.39, 0.29) is 0 Å². The van der Waals surface area contributed by atoms with Crippen LogP contribution in [0.2, 0.25) is 0 Å². The molecule has 0 aromatic heterocycles. The average molecular weight is 280 g/mol. The molecule has 1 saturated carbocycles. The second-order valence-electron chi connectivity index (χ2n) is 5.49. The van der Waals surface area contributed by atoms with E-state index in [0.29, 0.717) is 3.42 Å². The van der Waals surface area contributed by atoms with Crippen molar-refractivity contribution in [1.82, 2.24) is 0 Å². The minimum atomic E-state index is 0.503. The Hall–Kier alpha value is 0.730. The maximum Gasteiger partial charge on any atom is 0.0171 e. The van der Waals surface area contributed by atoms with Crippen LogP contribution >= 0.6 is 22.6 Å². The van der Waals surface area contributed by atoms with Crippen LogP contribution in [0.4, 0.5) is 0 Å². The molecule has 1 rings (SSSR count). The molecule has 72 valence electrons. The van der Waals surface area contributed by atoms with Crippen molar-refractivity contribution in [2.75, 3.05) is 0 Å². The minimum absolute atomic E-state index is 0.503. The van der Waals surface area contributed by atoms with Crippen LogP contribution in [-0.2, 0) is 0 Å². The number of halogens is 1. The van der Waals surface area contributed by atoms with Gasteiger partial charge in [-0.2, -0.15) is 0 Å². The van der Waals surface area contributed by atoms with Crippen LogP contribution in [0.3, 0.4) is 0 Å². The van der Waals surface area contributed by atoms with Crippen molar-refractivity contribution in [2.45, 2.75) is 56.8 Å². The van der Waals surface area contributed by atoms with Gasteiger partial charge in [-0.3, -0.25) is 0 Å². The molecule has 0 atom stereocenters. The van der Waals surface area contributed by atoms with E-state index in [9.17, 15) is 0 Å². The Kier molecular flexibility index (Phi) is 3.12. The topological polar surface area (TPSA) is 0 Å². The lowest BCUT2D eigenvalue weighted by molar-refractivity contribution is 0.343. The molecule has 0 unspecified atom stereocenters. The minimum Gasteiger partial charge on any atom is -0.0795 e. The molecule has 1 fully saturated rings. The molecular formula is C11H21I. The Balaban J connectivity index is 2.40. The Labute approximate surface area is 90.6 Å². The van der Waals surface area contributed by atoms with Gasteiger partial charge < -0.3 is 0 Å². The molecule has 0 nitrogen and oxygen atoms in total. The summed E-state index contributed by atoms with van der Waals surface area (Å²) in [6.07, 6.45) is 5.83. The van der Waals surface area contributed by atoms with Gasteiger partial charge in [0, 0.05) is 3.42 Å². The first-order valence-corrected chi connectivity index (χ1v) is 6.10. The molecule has 1 aliphatic carbocycles. The molecule has 0 bridgehead atoms. The number of hydrogen-bond acceptors (Lipinski definition) is 0. The third kappa shape index (κ3) is 3.63. The van der Waals surface area contributed by atoms with Crippen molar-refractivity contribution in [3.8, 4) is 0 Å². The molecule has 0 radical (unpaired) electrons. The van der Waals surface area contributed by atoms with Crippen molar-refractivity contribution < 1.29 is 0 Å². The van der Waals surface area contributed by atoms with Gasteiger partial charge in [0.15, 0.2) is 0 Å². The highest BCUT2D eigenvalue weighted by atomic mass is 127. The molecule has 12 heavy (non-hydrogen) atoms. The Morgan fingerprint density at radius 3 is 2.08 bits per heavy atom. The monoisotopic (exact) mass is 280 g/mol. The maximum absolute atomic E-state index is 2.59. The summed E-state index contributed by atoms with van der Waals surface area (Å²) >= 11 is 2.59. The molecule has 1 aliphatic rings. The zero-order valence-electron chi connectivity index (χ0n) is 8.78. The van der Waals surface area contributed by atoms with Gasteiger partial charge in [-0.1, -0.05) is 50.3 Å². The number of rotatable bonds is 4. The van der Waals surface area contributed by atoms with E-state index < -0.39 is 0 Å². The van der Waals surface area contributed by atoms with Crippen LogP contribution in [0.1, 0.15) is 53.4 Å². The normalized spacial score (nSPS) is 21.5. The fourth-order valence-electron chi connectivity index (χ4n) is 2.39. The lowest BCUT2D eigenvalue weighted by atomic mass is 9.86. The summed E-state index contributed by atoms with van der Waals surface area (Å²) in [7, 11) is 0. The van der Waals surface area contributed by atoms with Crippen LogP contribution in [0, 0.1) is 11.3 Å². The van der Waals surface area contributed by atoms with Crippen LogP contribution < -0.4 is 0 Å². The van der Waals surface area contributed by atoms with Crippen molar-refractivity contribution in [1.29, 1.82) is 0 Å². The van der Waals surface area contributed by atoms with E-state index in [0.717, 1.165) is 11.3 Å². The summed E-state index contributed by atoms with van der Waals surface area (Å²) in [6.45, 7) is 9.41. The first-order chi connectivity index (χ1) is 5.33. The fourth-order valence-corrected chi connectivity index (χ4v) is 3.20. The van der Waals surface area contributed by atoms with Crippen molar-refractivity contribution in [2.24, 2.45) is 11.3 Å². The summed E-state index contributed by atoms with van der Waals surface area (Å²) in [5, 5.41) is 0. The largest absolute Gasteiger partial charge is 0.0795 e. The van der Waals surface area contributed by atoms with E-state index in [1.807, 2.05) is 0 Å². The third-order valence-corrected chi connectivity index (χ3v) is 2.98. The molecule has 0 amide bonds. The second-order valence-corrected chi connectivity index (χ2v) is 8.41. The standard InChI is InChI=1S/C11H21I/c1-9(2)7-11(5-6-11)8-10(3,4)12/h9H,5-8H2,1-4H3. The fraction of sp³-hybridized carbons (Fsp3) is 1.00. The lowest BCUT2D eigenvalue weighted by Gasteiger charge is -2.25. The van der Waals surface area contributed by atoms with Gasteiger partial charge >= 0.3 is 0 Å². The molecule has 0 aliphatic heterocycles. The molecule has 0 spiro atoms. The van der Waals surface area contributed by atoms with E-state index in [1.165, 1.54) is 25.7 Å². The SMILES string of the molecule is CC(C)CC1(CC(C)(C)I)CC1. The van der Waals surface area contributed by atoms with Crippen molar-refractivity contribution in [3.05, 3.63) is 0 Å². The van der Waals surface area contributed by atoms with Crippen molar-refractivity contribution in [3.63, 3.8) is 0 Å². The molecule has 0 saturated heterocycles. The van der Waals surface area contributed by atoms with Gasteiger partial charge in [0.1, 0.15) is 0 Å². The zero-order valence-corrected chi connectivity index (χ0v) is 10.9. The summed E-state index contributed by atoms with van der Waals surface area (Å²) in [5.41, 5.74) is 0.749. The summed E-state index contributed by atoms with van der Waals surface area (Å²) in [6, 6.07) is 0. The van der Waals surface area contributed by atoms with E-state index in [2.05, 4.69) is 50.3 Å². The maximum atomic E-state index is 2.59. The van der Waals surface area contributed by atoms with Gasteiger partial charge in [-0.05, 0) is 37.0 Å². The Morgan fingerprint density at radius 2 is 1.83 bits per heavy atom. The molecule has 0 N–H and O–H groups in total. The number of hydrogen-bond donors (Lipinski definition) is 0. The van der Waals surface area contributed by atoms with Crippen molar-refractivity contribution >= 4 is 22.6 Å². The average Bonchev–Trinajstić information content (AvgIpc) is 2.40. The van der Waals surface area contributed by atoms with Gasteiger partial charge in [0.25, 0.3) is 0 Å². The van der Waals surface area contributed by atoms with Gasteiger partial charge in [-0.15, -0.1) is 0 Å². The van der Waals surface area contributed by atoms with Crippen LogP contribution in [-0.4, -0.2) is 3.42 Å². The molecule has 0 heterocycles. The molecular weight excluding hydrogens is 259 g/mol. The van der Waals surface area contributed by atoms with Crippen LogP contribution in [0.5, 0.6) is 0 Å². The zero-order chi connectivity index (χ0) is 9.41. The van der Waals surface area contributed by atoms with E-state index in [4.69, 9.17) is 0 Å². The molecule has 0 aromatic carbocycles. The second kappa shape index (κ2) is 3.47. The highest BCUT2D eigenvalue weighted by Crippen LogP contribution is 2.56. The molecule has 0 aromatic rings. The Morgan fingerprint density at radius 1 is 1.33 bits per heavy atom. The van der Waals surface area contributed by atoms with Gasteiger partial charge in [-0.25, -0.2) is 0 Å². The number of alkyl halides is 1. The predicted octanol–water partition coefficient (Wildman–Crippen LogP) is 4.42. The smallest absolute Gasteiger partial charge is 0.0171 e. The van der Waals surface area contributed by atoms with E-state index in [1.54, 1.807) is 0 Å². The van der Waals surface area contributed by atoms with Gasteiger partial charge in [0.2, 0.25) is 0 Å². The van der Waals surface area contributed by atoms with Crippen LogP contribution in [0.15, 0.2) is 0 Å².